The number of nitrogens with two attached hydrogens (primary N) is 1. The molecule has 2 N–H and O–H groups in total. The molecule has 0 aliphatic carbocycles. The molecule has 1 heterocycles. The maximum atomic E-state index is 11.5. The van der Waals surface area contributed by atoms with E-state index in [0.717, 1.165) is 29.2 Å². The molecule has 5 heteroatoms. The second-order valence-electron chi connectivity index (χ2n) is 3.58. The fourth-order valence-electron chi connectivity index (χ4n) is 1.72. The second-order valence-corrected chi connectivity index (χ2v) is 3.99. The van der Waals surface area contributed by atoms with Gasteiger partial charge in [0.2, 0.25) is 5.91 Å². The first-order valence-corrected chi connectivity index (χ1v) is 5.99. The number of nitrogens with zero attached hydrogens (tertiary/aromatic N) is 1. The largest absolute Gasteiger partial charge is 0.333 e. The maximum absolute atomic E-state index is 11.5. The van der Waals surface area contributed by atoms with Crippen molar-refractivity contribution in [1.29, 1.82) is 0 Å². The molecule has 100 valence electrons. The summed E-state index contributed by atoms with van der Waals surface area (Å²) in [6, 6.07) is 5.71. The SMILES string of the molecule is C=O.CN.Cc1cc(N2CCCC2=O)ccc1Cl. The summed E-state index contributed by atoms with van der Waals surface area (Å²) in [7, 11) is 1.50. The summed E-state index contributed by atoms with van der Waals surface area (Å²) in [5, 5.41) is 0.750. The zero-order valence-electron chi connectivity index (χ0n) is 10.8. The maximum Gasteiger partial charge on any atom is 0.227 e. The predicted octanol–water partition coefficient (Wildman–Crippen LogP) is 2.17. The smallest absolute Gasteiger partial charge is 0.227 e. The van der Waals surface area contributed by atoms with Crippen LogP contribution in [0.1, 0.15) is 18.4 Å². The van der Waals surface area contributed by atoms with Crippen LogP contribution in [0.2, 0.25) is 5.02 Å². The first-order chi connectivity index (χ1) is 8.68. The van der Waals surface area contributed by atoms with E-state index >= 15 is 0 Å². The Labute approximate surface area is 113 Å². The molecule has 0 unspecified atom stereocenters. The highest BCUT2D eigenvalue weighted by Gasteiger charge is 2.21. The Balaban J connectivity index is 0.000000659. The van der Waals surface area contributed by atoms with Gasteiger partial charge in [-0.3, -0.25) is 4.79 Å². The summed E-state index contributed by atoms with van der Waals surface area (Å²) in [5.41, 5.74) is 6.48. The Kier molecular flexibility index (Phi) is 8.00. The van der Waals surface area contributed by atoms with Gasteiger partial charge in [0.15, 0.2) is 0 Å². The number of anilines is 1. The van der Waals surface area contributed by atoms with Gasteiger partial charge < -0.3 is 15.4 Å². The van der Waals surface area contributed by atoms with Gasteiger partial charge in [-0.15, -0.1) is 0 Å². The molecule has 1 aliphatic rings. The van der Waals surface area contributed by atoms with Crippen molar-refractivity contribution in [3.8, 4) is 0 Å². The first-order valence-electron chi connectivity index (χ1n) is 5.61. The van der Waals surface area contributed by atoms with Gasteiger partial charge in [-0.05, 0) is 44.2 Å². The number of hydrogen-bond donors (Lipinski definition) is 1. The van der Waals surface area contributed by atoms with E-state index in [1.165, 1.54) is 7.05 Å². The number of carbonyl (C=O) groups excluding carboxylic acids is 2. The van der Waals surface area contributed by atoms with Gasteiger partial charge in [0.25, 0.3) is 0 Å². The fraction of sp³-hybridized carbons (Fsp3) is 0.385. The van der Waals surface area contributed by atoms with Crippen LogP contribution >= 0.6 is 11.6 Å². The first kappa shape index (κ1) is 16.6. The molecule has 0 aromatic heterocycles. The summed E-state index contributed by atoms with van der Waals surface area (Å²) in [4.78, 5) is 21.3. The Hall–Kier alpha value is -1.39. The monoisotopic (exact) mass is 270 g/mol. The van der Waals surface area contributed by atoms with E-state index in [9.17, 15) is 4.79 Å². The van der Waals surface area contributed by atoms with Crippen molar-refractivity contribution in [2.75, 3.05) is 18.5 Å². The molecule has 4 nitrogen and oxygen atoms in total. The lowest BCUT2D eigenvalue weighted by molar-refractivity contribution is -0.117. The lowest BCUT2D eigenvalue weighted by Gasteiger charge is -2.16. The number of benzene rings is 1. The second kappa shape index (κ2) is 8.66. The van der Waals surface area contributed by atoms with Crippen molar-refractivity contribution < 1.29 is 9.59 Å². The molecule has 1 fully saturated rings. The van der Waals surface area contributed by atoms with Crippen molar-refractivity contribution in [1.82, 2.24) is 0 Å². The molecule has 1 saturated heterocycles. The van der Waals surface area contributed by atoms with E-state index < -0.39 is 0 Å². The summed E-state index contributed by atoms with van der Waals surface area (Å²) in [6.07, 6.45) is 1.63. The van der Waals surface area contributed by atoms with Crippen LogP contribution < -0.4 is 10.6 Å². The van der Waals surface area contributed by atoms with E-state index in [-0.39, 0.29) is 5.91 Å². The molecular formula is C13H19ClN2O2. The third kappa shape index (κ3) is 4.13. The normalized spacial score (nSPS) is 13.3. The highest BCUT2D eigenvalue weighted by atomic mass is 35.5. The van der Waals surface area contributed by atoms with Gasteiger partial charge in [-0.1, -0.05) is 11.6 Å². The number of halogens is 1. The zero-order valence-corrected chi connectivity index (χ0v) is 11.5. The molecule has 0 atom stereocenters. The predicted molar refractivity (Wildman–Crippen MR) is 75.0 cm³/mol. The number of hydrogen-bond acceptors (Lipinski definition) is 3. The van der Waals surface area contributed by atoms with Crippen LogP contribution in [-0.2, 0) is 9.59 Å². The van der Waals surface area contributed by atoms with Crippen LogP contribution in [0, 0.1) is 6.92 Å². The van der Waals surface area contributed by atoms with E-state index in [0.29, 0.717) is 6.42 Å². The number of aryl methyl sites for hydroxylation is 1. The molecule has 0 saturated carbocycles. The highest BCUT2D eigenvalue weighted by Crippen LogP contribution is 2.25. The molecule has 1 aromatic rings. The Bertz CT molecular complexity index is 397. The van der Waals surface area contributed by atoms with E-state index in [2.05, 4.69) is 5.73 Å². The van der Waals surface area contributed by atoms with E-state index in [4.69, 9.17) is 16.4 Å². The number of amides is 1. The van der Waals surface area contributed by atoms with Crippen LogP contribution in [-0.4, -0.2) is 26.3 Å². The lowest BCUT2D eigenvalue weighted by atomic mass is 10.2. The third-order valence-electron chi connectivity index (χ3n) is 2.53. The molecule has 1 aromatic carbocycles. The standard InChI is InChI=1S/C11H12ClNO.CH5N.CH2O/c1-8-7-9(4-5-10(8)12)13-6-2-3-11(13)14;2*1-2/h4-5,7H,2-3,6H2,1H3;2H2,1H3;1H2. The topological polar surface area (TPSA) is 63.4 Å². The third-order valence-corrected chi connectivity index (χ3v) is 2.95. The summed E-state index contributed by atoms with van der Waals surface area (Å²) < 4.78 is 0. The minimum Gasteiger partial charge on any atom is -0.333 e. The number of carbonyl (C=O) groups is 2. The van der Waals surface area contributed by atoms with Crippen LogP contribution in [0.15, 0.2) is 18.2 Å². The van der Waals surface area contributed by atoms with Gasteiger partial charge in [0.1, 0.15) is 6.79 Å². The summed E-state index contributed by atoms with van der Waals surface area (Å²) >= 11 is 5.92. The average molecular weight is 271 g/mol. The van der Waals surface area contributed by atoms with Crippen molar-refractivity contribution in [2.24, 2.45) is 5.73 Å². The Morgan fingerprint density at radius 1 is 1.33 bits per heavy atom. The highest BCUT2D eigenvalue weighted by molar-refractivity contribution is 6.31. The fourth-order valence-corrected chi connectivity index (χ4v) is 1.84. The van der Waals surface area contributed by atoms with E-state index in [1.807, 2.05) is 36.8 Å². The molecule has 0 spiro atoms. The van der Waals surface area contributed by atoms with E-state index in [1.54, 1.807) is 0 Å². The van der Waals surface area contributed by atoms with Crippen LogP contribution in [0.3, 0.4) is 0 Å². The molecule has 1 amide bonds. The Morgan fingerprint density at radius 3 is 2.39 bits per heavy atom. The van der Waals surface area contributed by atoms with Crippen LogP contribution in [0.25, 0.3) is 0 Å². The molecule has 0 bridgehead atoms. The minimum atomic E-state index is 0.215. The lowest BCUT2D eigenvalue weighted by Crippen LogP contribution is -2.23. The molecule has 0 radical (unpaired) electrons. The van der Waals surface area contributed by atoms with Gasteiger partial charge in [0.05, 0.1) is 0 Å². The molecule has 18 heavy (non-hydrogen) atoms. The average Bonchev–Trinajstić information content (AvgIpc) is 2.84. The van der Waals surface area contributed by atoms with Gasteiger partial charge in [-0.25, -0.2) is 0 Å². The Morgan fingerprint density at radius 2 is 1.94 bits per heavy atom. The van der Waals surface area contributed by atoms with Gasteiger partial charge in [0, 0.05) is 23.7 Å². The van der Waals surface area contributed by atoms with Crippen molar-refractivity contribution in [2.45, 2.75) is 19.8 Å². The molecule has 2 rings (SSSR count). The summed E-state index contributed by atoms with van der Waals surface area (Å²) in [5.74, 6) is 0.215. The molecule has 1 aliphatic heterocycles. The summed E-state index contributed by atoms with van der Waals surface area (Å²) in [6.45, 7) is 4.78. The van der Waals surface area contributed by atoms with Crippen molar-refractivity contribution in [3.05, 3.63) is 28.8 Å². The zero-order chi connectivity index (χ0) is 14.1. The minimum absolute atomic E-state index is 0.215. The number of rotatable bonds is 1. The van der Waals surface area contributed by atoms with Crippen molar-refractivity contribution in [3.63, 3.8) is 0 Å². The molecular weight excluding hydrogens is 252 g/mol. The van der Waals surface area contributed by atoms with Gasteiger partial charge >= 0.3 is 0 Å². The van der Waals surface area contributed by atoms with Crippen LogP contribution in [0.5, 0.6) is 0 Å². The quantitative estimate of drug-likeness (QED) is 0.851. The van der Waals surface area contributed by atoms with Gasteiger partial charge in [-0.2, -0.15) is 0 Å². The van der Waals surface area contributed by atoms with Crippen molar-refractivity contribution >= 4 is 30.0 Å². The van der Waals surface area contributed by atoms with Crippen LogP contribution in [0.4, 0.5) is 5.69 Å².